The van der Waals surface area contributed by atoms with Gasteiger partial charge in [-0.1, -0.05) is 0 Å². The fourth-order valence-electron chi connectivity index (χ4n) is 0.326. The Morgan fingerprint density at radius 1 is 0.714 bits per heavy atom. The minimum absolute atomic E-state index is 0. The summed E-state index contributed by atoms with van der Waals surface area (Å²) in [6.07, 6.45) is -11.8. The number of hydrogen-bond acceptors (Lipinski definition) is 0. The Labute approximate surface area is 83.6 Å². The van der Waals surface area contributed by atoms with Gasteiger partial charge in [0, 0.05) is 0 Å². The zero-order valence-electron chi connectivity index (χ0n) is 5.48. The quantitative estimate of drug-likeness (QED) is 0.503. The van der Waals surface area contributed by atoms with Gasteiger partial charge >= 0.3 is 43.3 Å². The van der Waals surface area contributed by atoms with Crippen LogP contribution in [0.5, 0.6) is 0 Å². The molecule has 0 saturated heterocycles. The SMILES string of the molecule is FC(F)C(F)(F)C(F)(F)C(F)(F)F.[LiH]. The van der Waals surface area contributed by atoms with Crippen molar-refractivity contribution in [2.75, 3.05) is 0 Å². The van der Waals surface area contributed by atoms with Gasteiger partial charge in [0.2, 0.25) is 0 Å². The number of halogens is 9. The number of hydrogen-bond donors (Lipinski definition) is 0. The first-order valence-electron chi connectivity index (χ1n) is 2.55. The molecule has 0 rings (SSSR count). The van der Waals surface area contributed by atoms with E-state index in [9.17, 15) is 39.5 Å². The van der Waals surface area contributed by atoms with Crippen molar-refractivity contribution in [2.24, 2.45) is 0 Å². The van der Waals surface area contributed by atoms with Crippen LogP contribution in [0.1, 0.15) is 0 Å². The Kier molecular flexibility index (Phi) is 4.95. The van der Waals surface area contributed by atoms with Gasteiger partial charge in [0.15, 0.2) is 0 Å². The molecular weight excluding hydrogens is 226 g/mol. The van der Waals surface area contributed by atoms with Gasteiger partial charge in [0.25, 0.3) is 0 Å². The standard InChI is InChI=1S/C4HF9.Li.H/c5-1(6)2(7,8)3(9,10)4(11,12)13;;/h1H;;. The van der Waals surface area contributed by atoms with E-state index in [1.54, 1.807) is 0 Å². The van der Waals surface area contributed by atoms with E-state index >= 15 is 0 Å². The zero-order valence-corrected chi connectivity index (χ0v) is 5.48. The molecule has 0 atom stereocenters. The second kappa shape index (κ2) is 4.22. The van der Waals surface area contributed by atoms with Crippen LogP contribution in [0.25, 0.3) is 0 Å². The predicted octanol–water partition coefficient (Wildman–Crippen LogP) is 2.44. The van der Waals surface area contributed by atoms with E-state index in [1.807, 2.05) is 0 Å². The zero-order chi connectivity index (χ0) is 11.1. The van der Waals surface area contributed by atoms with Crippen LogP contribution in [0.3, 0.4) is 0 Å². The summed E-state index contributed by atoms with van der Waals surface area (Å²) < 4.78 is 102. The molecule has 0 unspecified atom stereocenters. The molecule has 0 fully saturated rings. The van der Waals surface area contributed by atoms with Crippen LogP contribution in [0.15, 0.2) is 0 Å². The summed E-state index contributed by atoms with van der Waals surface area (Å²) in [6.45, 7) is 0. The van der Waals surface area contributed by atoms with E-state index in [4.69, 9.17) is 0 Å². The van der Waals surface area contributed by atoms with Crippen molar-refractivity contribution in [2.45, 2.75) is 24.4 Å². The molecule has 0 nitrogen and oxygen atoms in total. The second-order valence-corrected chi connectivity index (χ2v) is 2.00. The van der Waals surface area contributed by atoms with Gasteiger partial charge in [-0.05, 0) is 0 Å². The van der Waals surface area contributed by atoms with Crippen molar-refractivity contribution >= 4 is 18.9 Å². The molecule has 0 aromatic carbocycles. The van der Waals surface area contributed by atoms with E-state index < -0.39 is 24.4 Å². The topological polar surface area (TPSA) is 0 Å². The third-order valence-electron chi connectivity index (χ3n) is 1.05. The van der Waals surface area contributed by atoms with Crippen molar-refractivity contribution in [3.05, 3.63) is 0 Å². The van der Waals surface area contributed by atoms with E-state index in [2.05, 4.69) is 0 Å². The summed E-state index contributed by atoms with van der Waals surface area (Å²) in [7, 11) is 0. The molecule has 0 amide bonds. The number of rotatable bonds is 2. The van der Waals surface area contributed by atoms with Crippen molar-refractivity contribution < 1.29 is 39.5 Å². The van der Waals surface area contributed by atoms with Crippen molar-refractivity contribution in [3.8, 4) is 0 Å². The van der Waals surface area contributed by atoms with Gasteiger partial charge in [0.1, 0.15) is 0 Å². The molecule has 0 spiro atoms. The molecule has 0 aliphatic heterocycles. The summed E-state index contributed by atoms with van der Waals surface area (Å²) in [4.78, 5) is 0. The molecule has 0 bridgehead atoms. The first-order chi connectivity index (χ1) is 5.44. The van der Waals surface area contributed by atoms with Gasteiger partial charge in [-0.3, -0.25) is 0 Å². The van der Waals surface area contributed by atoms with Gasteiger partial charge in [-0.25, -0.2) is 8.78 Å². The summed E-state index contributed by atoms with van der Waals surface area (Å²) >= 11 is 0. The second-order valence-electron chi connectivity index (χ2n) is 2.00. The van der Waals surface area contributed by atoms with Crippen molar-refractivity contribution in [1.82, 2.24) is 0 Å². The van der Waals surface area contributed by atoms with Crippen LogP contribution in [-0.4, -0.2) is 43.3 Å². The van der Waals surface area contributed by atoms with Crippen LogP contribution in [0.4, 0.5) is 39.5 Å². The third-order valence-corrected chi connectivity index (χ3v) is 1.05. The minimum atomic E-state index is -6.73. The normalized spacial score (nSPS) is 14.1. The van der Waals surface area contributed by atoms with Crippen molar-refractivity contribution in [3.63, 3.8) is 0 Å². The van der Waals surface area contributed by atoms with Crippen LogP contribution in [0, 0.1) is 0 Å². The average Bonchev–Trinajstić information content (AvgIpc) is 1.84. The molecule has 10 heteroatoms. The fourth-order valence-corrected chi connectivity index (χ4v) is 0.326. The maximum atomic E-state index is 11.6. The van der Waals surface area contributed by atoms with Gasteiger partial charge in [-0.15, -0.1) is 0 Å². The van der Waals surface area contributed by atoms with E-state index in [-0.39, 0.29) is 18.9 Å². The van der Waals surface area contributed by atoms with E-state index in [0.717, 1.165) is 0 Å². The van der Waals surface area contributed by atoms with E-state index in [0.29, 0.717) is 0 Å². The number of alkyl halides is 9. The van der Waals surface area contributed by atoms with Crippen LogP contribution in [0.2, 0.25) is 0 Å². The molecule has 0 N–H and O–H groups in total. The molecule has 0 radical (unpaired) electrons. The molecular formula is C4H2F9Li. The molecule has 14 heavy (non-hydrogen) atoms. The summed E-state index contributed by atoms with van der Waals surface area (Å²) in [6, 6.07) is 0. The molecule has 0 aromatic rings. The Morgan fingerprint density at radius 3 is 1.07 bits per heavy atom. The Balaban J connectivity index is 0. The molecule has 0 aliphatic rings. The Bertz CT molecular complexity index is 182. The van der Waals surface area contributed by atoms with Crippen LogP contribution >= 0.6 is 0 Å². The predicted molar refractivity (Wildman–Crippen MR) is 29.1 cm³/mol. The fraction of sp³-hybridized carbons (Fsp3) is 1.00. The maximum absolute atomic E-state index is 11.6. The first kappa shape index (κ1) is 16.4. The summed E-state index contributed by atoms with van der Waals surface area (Å²) in [5, 5.41) is 0. The van der Waals surface area contributed by atoms with Crippen LogP contribution < -0.4 is 0 Å². The Morgan fingerprint density at radius 2 is 1.00 bits per heavy atom. The monoisotopic (exact) mass is 228 g/mol. The van der Waals surface area contributed by atoms with E-state index in [1.165, 1.54) is 0 Å². The summed E-state index contributed by atoms with van der Waals surface area (Å²) in [5.74, 6) is -13.1. The molecule has 0 saturated carbocycles. The molecule has 82 valence electrons. The summed E-state index contributed by atoms with van der Waals surface area (Å²) in [5.41, 5.74) is 0. The van der Waals surface area contributed by atoms with Gasteiger partial charge < -0.3 is 0 Å². The van der Waals surface area contributed by atoms with Gasteiger partial charge in [-0.2, -0.15) is 30.7 Å². The molecule has 0 aliphatic carbocycles. The van der Waals surface area contributed by atoms with Crippen LogP contribution in [-0.2, 0) is 0 Å². The first-order valence-corrected chi connectivity index (χ1v) is 2.55. The van der Waals surface area contributed by atoms with Crippen molar-refractivity contribution in [1.29, 1.82) is 0 Å². The molecule has 0 heterocycles. The Hall–Kier alpha value is -0.0326. The molecule has 0 aromatic heterocycles. The third kappa shape index (κ3) is 2.51. The van der Waals surface area contributed by atoms with Gasteiger partial charge in [0.05, 0.1) is 0 Å². The average molecular weight is 228 g/mol.